The predicted molar refractivity (Wildman–Crippen MR) is 110 cm³/mol. The molecule has 1 aliphatic rings. The first kappa shape index (κ1) is 15.6. The maximum Gasteiger partial charge on any atom is 0.196 e. The van der Waals surface area contributed by atoms with Gasteiger partial charge in [0.25, 0.3) is 0 Å². The Bertz CT molecular complexity index is 1270. The van der Waals surface area contributed by atoms with E-state index in [-0.39, 0.29) is 0 Å². The van der Waals surface area contributed by atoms with Gasteiger partial charge in [0.05, 0.1) is 11.0 Å². The number of anilines is 1. The van der Waals surface area contributed by atoms with Crippen molar-refractivity contribution in [2.24, 2.45) is 0 Å². The van der Waals surface area contributed by atoms with Crippen molar-refractivity contribution >= 4 is 38.9 Å². The molecule has 1 aliphatic heterocycles. The third-order valence-corrected chi connectivity index (χ3v) is 5.65. The number of fused-ring (bicyclic) bond motifs is 4. The number of para-hydroxylation sites is 3. The third-order valence-electron chi connectivity index (χ3n) is 5.65. The highest BCUT2D eigenvalue weighted by Gasteiger charge is 2.27. The summed E-state index contributed by atoms with van der Waals surface area (Å²) in [6, 6.07) is 16.2. The number of hydrogen-bond acceptors (Lipinski definition) is 5. The van der Waals surface area contributed by atoms with E-state index in [0.717, 1.165) is 70.7 Å². The molecule has 1 fully saturated rings. The molecule has 0 bridgehead atoms. The number of furan rings is 1. The molecule has 3 aromatic heterocycles. The van der Waals surface area contributed by atoms with Crippen LogP contribution in [-0.4, -0.2) is 33.0 Å². The zero-order valence-corrected chi connectivity index (χ0v) is 15.3. The van der Waals surface area contributed by atoms with Crippen LogP contribution in [0.15, 0.2) is 59.3 Å². The fraction of sp³-hybridized carbons (Fsp3) is 0.227. The second-order valence-electron chi connectivity index (χ2n) is 7.40. The van der Waals surface area contributed by atoms with Crippen LogP contribution in [0.4, 0.5) is 5.82 Å². The van der Waals surface area contributed by atoms with Gasteiger partial charge in [0.1, 0.15) is 23.3 Å². The number of aromatic amines is 1. The third kappa shape index (κ3) is 2.37. The van der Waals surface area contributed by atoms with Gasteiger partial charge < -0.3 is 14.3 Å². The minimum absolute atomic E-state index is 0.343. The fourth-order valence-electron chi connectivity index (χ4n) is 4.30. The van der Waals surface area contributed by atoms with E-state index in [1.807, 2.05) is 36.4 Å². The first-order valence-electron chi connectivity index (χ1n) is 9.69. The Hall–Kier alpha value is -3.41. The van der Waals surface area contributed by atoms with Gasteiger partial charge in [0.2, 0.25) is 0 Å². The number of nitrogens with zero attached hydrogens (tertiary/aromatic N) is 4. The molecule has 28 heavy (non-hydrogen) atoms. The van der Waals surface area contributed by atoms with Crippen LogP contribution in [0.5, 0.6) is 0 Å². The summed E-state index contributed by atoms with van der Waals surface area (Å²) in [5, 5.41) is 1.03. The van der Waals surface area contributed by atoms with Crippen molar-refractivity contribution < 1.29 is 4.42 Å². The first-order chi connectivity index (χ1) is 13.9. The normalized spacial score (nSPS) is 17.7. The maximum absolute atomic E-state index is 6.14. The van der Waals surface area contributed by atoms with Crippen LogP contribution in [0.3, 0.4) is 0 Å². The summed E-state index contributed by atoms with van der Waals surface area (Å²) in [6.45, 7) is 1.82. The Balaban J connectivity index is 1.39. The highest BCUT2D eigenvalue weighted by atomic mass is 16.3. The van der Waals surface area contributed by atoms with Gasteiger partial charge in [-0.25, -0.2) is 15.0 Å². The van der Waals surface area contributed by atoms with Gasteiger partial charge in [-0.05, 0) is 37.1 Å². The molecule has 0 radical (unpaired) electrons. The van der Waals surface area contributed by atoms with E-state index in [2.05, 4.69) is 32.0 Å². The van der Waals surface area contributed by atoms with Gasteiger partial charge >= 0.3 is 0 Å². The lowest BCUT2D eigenvalue weighted by Crippen LogP contribution is -2.35. The predicted octanol–water partition coefficient (Wildman–Crippen LogP) is 4.64. The smallest absolute Gasteiger partial charge is 0.196 e. The number of rotatable bonds is 2. The van der Waals surface area contributed by atoms with Gasteiger partial charge in [-0.15, -0.1) is 0 Å². The Kier molecular flexibility index (Phi) is 3.38. The number of hydrogen-bond donors (Lipinski definition) is 1. The lowest BCUT2D eigenvalue weighted by molar-refractivity contribution is 0.491. The van der Waals surface area contributed by atoms with Gasteiger partial charge in [-0.1, -0.05) is 24.3 Å². The second kappa shape index (κ2) is 6.05. The first-order valence-corrected chi connectivity index (χ1v) is 9.69. The number of imidazole rings is 1. The van der Waals surface area contributed by atoms with Crippen molar-refractivity contribution in [1.82, 2.24) is 19.9 Å². The monoisotopic (exact) mass is 369 g/mol. The molecule has 1 unspecified atom stereocenters. The molecule has 138 valence electrons. The molecule has 1 saturated heterocycles. The molecule has 6 nitrogen and oxygen atoms in total. The highest BCUT2D eigenvalue weighted by molar-refractivity contribution is 6.05. The second-order valence-corrected chi connectivity index (χ2v) is 7.40. The van der Waals surface area contributed by atoms with Crippen LogP contribution >= 0.6 is 0 Å². The van der Waals surface area contributed by atoms with Crippen molar-refractivity contribution in [3.8, 4) is 0 Å². The SMILES string of the molecule is c1ccc2[nH]c(C3CCCN(c4ncnc5c4oc4ccccc45)C3)nc2c1. The van der Waals surface area contributed by atoms with Gasteiger partial charge in [-0.2, -0.15) is 0 Å². The molecule has 5 aromatic rings. The molecule has 0 amide bonds. The summed E-state index contributed by atoms with van der Waals surface area (Å²) in [6.07, 6.45) is 3.85. The van der Waals surface area contributed by atoms with E-state index in [4.69, 9.17) is 9.40 Å². The Morgan fingerprint density at radius 2 is 1.93 bits per heavy atom. The van der Waals surface area contributed by atoms with E-state index in [0.29, 0.717) is 5.92 Å². The van der Waals surface area contributed by atoms with E-state index >= 15 is 0 Å². The average Bonchev–Trinajstić information content (AvgIpc) is 3.35. The van der Waals surface area contributed by atoms with Gasteiger partial charge in [0.15, 0.2) is 11.4 Å². The number of nitrogens with one attached hydrogen (secondary N) is 1. The zero-order valence-electron chi connectivity index (χ0n) is 15.3. The Morgan fingerprint density at radius 1 is 1.04 bits per heavy atom. The summed E-state index contributed by atoms with van der Waals surface area (Å²) >= 11 is 0. The van der Waals surface area contributed by atoms with Crippen molar-refractivity contribution in [2.75, 3.05) is 18.0 Å². The number of H-pyrrole nitrogens is 1. The minimum Gasteiger partial charge on any atom is -0.450 e. The maximum atomic E-state index is 6.14. The highest BCUT2D eigenvalue weighted by Crippen LogP contribution is 2.35. The largest absolute Gasteiger partial charge is 0.450 e. The molecule has 0 aliphatic carbocycles. The molecule has 0 saturated carbocycles. The molecule has 6 rings (SSSR count). The van der Waals surface area contributed by atoms with Crippen molar-refractivity contribution in [3.63, 3.8) is 0 Å². The topological polar surface area (TPSA) is 70.8 Å². The summed E-state index contributed by atoms with van der Waals surface area (Å²) in [5.41, 5.74) is 4.62. The van der Waals surface area contributed by atoms with Crippen LogP contribution in [0, 0.1) is 0 Å². The number of benzene rings is 2. The van der Waals surface area contributed by atoms with Crippen molar-refractivity contribution in [1.29, 1.82) is 0 Å². The molecule has 4 heterocycles. The standard InChI is InChI=1S/C22H19N5O/c1-4-10-18-15(7-1)19-20(28-18)22(24-13-23-19)27-11-5-6-14(12-27)21-25-16-8-2-3-9-17(16)26-21/h1-4,7-10,13-14H,5-6,11-12H2,(H,25,26). The Labute approximate surface area is 161 Å². The van der Waals surface area contributed by atoms with E-state index in [1.54, 1.807) is 6.33 Å². The van der Waals surface area contributed by atoms with Crippen LogP contribution in [0.1, 0.15) is 24.6 Å². The quantitative estimate of drug-likeness (QED) is 0.491. The van der Waals surface area contributed by atoms with Crippen LogP contribution in [0.25, 0.3) is 33.1 Å². The Morgan fingerprint density at radius 3 is 2.89 bits per heavy atom. The molecule has 1 atom stereocenters. The minimum atomic E-state index is 0.343. The molecule has 2 aromatic carbocycles. The zero-order chi connectivity index (χ0) is 18.5. The van der Waals surface area contributed by atoms with E-state index in [9.17, 15) is 0 Å². The van der Waals surface area contributed by atoms with Gasteiger partial charge in [0, 0.05) is 24.4 Å². The number of aromatic nitrogens is 4. The molecule has 0 spiro atoms. The fourth-order valence-corrected chi connectivity index (χ4v) is 4.30. The lowest BCUT2D eigenvalue weighted by Gasteiger charge is -2.32. The summed E-state index contributed by atoms with van der Waals surface area (Å²) in [5.74, 6) is 2.28. The number of piperidine rings is 1. The van der Waals surface area contributed by atoms with Gasteiger partial charge in [-0.3, -0.25) is 0 Å². The van der Waals surface area contributed by atoms with Crippen LogP contribution in [-0.2, 0) is 0 Å². The molecular weight excluding hydrogens is 350 g/mol. The van der Waals surface area contributed by atoms with E-state index < -0.39 is 0 Å². The average molecular weight is 369 g/mol. The van der Waals surface area contributed by atoms with Crippen molar-refractivity contribution in [3.05, 3.63) is 60.7 Å². The summed E-state index contributed by atoms with van der Waals surface area (Å²) in [7, 11) is 0. The lowest BCUT2D eigenvalue weighted by atomic mass is 9.97. The van der Waals surface area contributed by atoms with Crippen molar-refractivity contribution in [2.45, 2.75) is 18.8 Å². The molecular formula is C22H19N5O. The van der Waals surface area contributed by atoms with E-state index in [1.165, 1.54) is 0 Å². The van der Waals surface area contributed by atoms with Crippen LogP contribution in [0.2, 0.25) is 0 Å². The summed E-state index contributed by atoms with van der Waals surface area (Å²) in [4.78, 5) is 19.7. The molecule has 6 heteroatoms. The van der Waals surface area contributed by atoms with Crippen LogP contribution < -0.4 is 4.90 Å². The molecule has 1 N–H and O–H groups in total. The summed E-state index contributed by atoms with van der Waals surface area (Å²) < 4.78 is 6.14.